The van der Waals surface area contributed by atoms with Crippen molar-refractivity contribution < 1.29 is 13.6 Å². The number of aromatic nitrogens is 2. The Morgan fingerprint density at radius 3 is 2.70 bits per heavy atom. The molecule has 1 amide bonds. The maximum Gasteiger partial charge on any atom is 0.288 e. The highest BCUT2D eigenvalue weighted by Gasteiger charge is 2.12. The number of H-pyrrole nitrogens is 1. The minimum Gasteiger partial charge on any atom is -0.325 e. The van der Waals surface area contributed by atoms with Gasteiger partial charge in [-0.05, 0) is 30.7 Å². The zero-order valence-corrected chi connectivity index (χ0v) is 15.1. The van der Waals surface area contributed by atoms with Crippen molar-refractivity contribution in [2.75, 3.05) is 5.32 Å². The van der Waals surface area contributed by atoms with Gasteiger partial charge in [-0.15, -0.1) is 0 Å². The van der Waals surface area contributed by atoms with E-state index in [1.807, 2.05) is 0 Å². The van der Waals surface area contributed by atoms with E-state index in [1.54, 1.807) is 42.5 Å². The average Bonchev–Trinajstić information content (AvgIpc) is 2.63. The number of benzene rings is 2. The number of aryl methyl sites for hydroxylation is 1. The summed E-state index contributed by atoms with van der Waals surface area (Å²) in [6.45, 7) is 0. The monoisotopic (exact) mass is 389 g/mol. The lowest BCUT2D eigenvalue weighted by atomic mass is 10.2. The molecular formula is C19H17F2N3O2S. The summed E-state index contributed by atoms with van der Waals surface area (Å²) >= 11 is 0.393. The van der Waals surface area contributed by atoms with Crippen LogP contribution >= 0.6 is 11.8 Å². The van der Waals surface area contributed by atoms with Crippen molar-refractivity contribution in [3.8, 4) is 0 Å². The van der Waals surface area contributed by atoms with E-state index in [4.69, 9.17) is 0 Å². The Kier molecular flexibility index (Phi) is 6.18. The number of nitrogens with one attached hydrogen (secondary N) is 2. The van der Waals surface area contributed by atoms with Gasteiger partial charge in [0.05, 0.1) is 16.6 Å². The lowest BCUT2D eigenvalue weighted by Gasteiger charge is -2.10. The summed E-state index contributed by atoms with van der Waals surface area (Å²) in [5, 5.41) is 3.18. The number of hydrogen-bond acceptors (Lipinski definition) is 4. The molecule has 0 atom stereocenters. The molecule has 1 heterocycles. The molecule has 2 N–H and O–H groups in total. The fraction of sp³-hybridized carbons (Fsp3) is 0.211. The molecule has 8 heteroatoms. The molecule has 3 rings (SSSR count). The number of anilines is 1. The van der Waals surface area contributed by atoms with E-state index in [1.165, 1.54) is 6.07 Å². The maximum atomic E-state index is 12.6. The van der Waals surface area contributed by atoms with Gasteiger partial charge < -0.3 is 10.3 Å². The Morgan fingerprint density at radius 1 is 1.15 bits per heavy atom. The summed E-state index contributed by atoms with van der Waals surface area (Å²) in [7, 11) is 0. The number of carbonyl (C=O) groups is 1. The smallest absolute Gasteiger partial charge is 0.288 e. The van der Waals surface area contributed by atoms with Crippen LogP contribution in [-0.4, -0.2) is 21.6 Å². The van der Waals surface area contributed by atoms with Gasteiger partial charge in [-0.3, -0.25) is 9.59 Å². The van der Waals surface area contributed by atoms with Crippen LogP contribution in [0.4, 0.5) is 14.5 Å². The second-order valence-electron chi connectivity index (χ2n) is 5.81. The molecular weight excluding hydrogens is 372 g/mol. The van der Waals surface area contributed by atoms with Gasteiger partial charge in [0.25, 0.3) is 11.3 Å². The van der Waals surface area contributed by atoms with E-state index in [0.29, 0.717) is 51.9 Å². The number of thioether (sulfide) groups is 1. The Hall–Kier alpha value is -2.74. The number of amides is 1. The van der Waals surface area contributed by atoms with Crippen molar-refractivity contribution in [1.29, 1.82) is 0 Å². The number of alkyl halides is 2. The number of para-hydroxylation sites is 2. The zero-order valence-electron chi connectivity index (χ0n) is 14.2. The van der Waals surface area contributed by atoms with E-state index < -0.39 is 5.76 Å². The molecule has 1 aromatic heterocycles. The van der Waals surface area contributed by atoms with Crippen molar-refractivity contribution >= 4 is 34.3 Å². The van der Waals surface area contributed by atoms with Crippen LogP contribution in [0.25, 0.3) is 10.9 Å². The molecule has 3 aromatic rings. The van der Waals surface area contributed by atoms with E-state index in [0.717, 1.165) is 0 Å². The standard InChI is InChI=1S/C19H17F2N3O2S/c20-19(21)27-15-9-4-3-8-14(15)23-17(25)11-5-10-16-22-13-7-2-1-6-12(13)18(26)24-16/h1-4,6-9,19H,5,10-11H2,(H,23,25)(H,22,24,26). The van der Waals surface area contributed by atoms with E-state index >= 15 is 0 Å². The number of fused-ring (bicyclic) bond motifs is 1. The van der Waals surface area contributed by atoms with Crippen LogP contribution in [0.5, 0.6) is 0 Å². The van der Waals surface area contributed by atoms with Crippen LogP contribution in [0.1, 0.15) is 18.7 Å². The van der Waals surface area contributed by atoms with Crippen molar-refractivity contribution in [2.24, 2.45) is 0 Å². The van der Waals surface area contributed by atoms with Crippen LogP contribution in [0, 0.1) is 0 Å². The van der Waals surface area contributed by atoms with Crippen LogP contribution in [0.2, 0.25) is 0 Å². The number of halogens is 2. The van der Waals surface area contributed by atoms with Gasteiger partial charge in [-0.25, -0.2) is 4.98 Å². The second-order valence-corrected chi connectivity index (χ2v) is 6.84. The Morgan fingerprint density at radius 2 is 1.89 bits per heavy atom. The van der Waals surface area contributed by atoms with Crippen LogP contribution in [-0.2, 0) is 11.2 Å². The Labute approximate surface area is 158 Å². The van der Waals surface area contributed by atoms with Crippen molar-refractivity contribution in [2.45, 2.75) is 29.9 Å². The van der Waals surface area contributed by atoms with Gasteiger partial charge in [0.1, 0.15) is 5.82 Å². The fourth-order valence-corrected chi connectivity index (χ4v) is 3.25. The Balaban J connectivity index is 1.58. The largest absolute Gasteiger partial charge is 0.325 e. The quantitative estimate of drug-likeness (QED) is 0.594. The number of rotatable bonds is 7. The van der Waals surface area contributed by atoms with Crippen LogP contribution in [0.15, 0.2) is 58.2 Å². The van der Waals surface area contributed by atoms with Gasteiger partial charge in [0.2, 0.25) is 5.91 Å². The summed E-state index contributed by atoms with van der Waals surface area (Å²) in [6, 6.07) is 13.5. The van der Waals surface area contributed by atoms with E-state index in [-0.39, 0.29) is 17.9 Å². The third kappa shape index (κ3) is 5.13. The molecule has 0 radical (unpaired) electrons. The molecule has 0 aliphatic heterocycles. The van der Waals surface area contributed by atoms with Gasteiger partial charge in [-0.2, -0.15) is 8.78 Å². The third-order valence-corrected chi connectivity index (χ3v) is 4.64. The first kappa shape index (κ1) is 19.0. The number of nitrogens with zero attached hydrogens (tertiary/aromatic N) is 1. The van der Waals surface area contributed by atoms with Crippen LogP contribution < -0.4 is 10.9 Å². The number of hydrogen-bond donors (Lipinski definition) is 2. The number of aromatic amines is 1. The first-order valence-electron chi connectivity index (χ1n) is 8.34. The molecule has 5 nitrogen and oxygen atoms in total. The van der Waals surface area contributed by atoms with Gasteiger partial charge in [0.15, 0.2) is 0 Å². The highest BCUT2D eigenvalue weighted by molar-refractivity contribution is 7.99. The van der Waals surface area contributed by atoms with E-state index in [9.17, 15) is 18.4 Å². The molecule has 0 saturated heterocycles. The minimum absolute atomic E-state index is 0.185. The van der Waals surface area contributed by atoms with Gasteiger partial charge >= 0.3 is 0 Å². The highest BCUT2D eigenvalue weighted by atomic mass is 32.2. The normalized spacial score (nSPS) is 11.1. The summed E-state index contributed by atoms with van der Waals surface area (Å²) in [5.41, 5.74) is 0.765. The second kappa shape index (κ2) is 8.77. The van der Waals surface area contributed by atoms with Gasteiger partial charge in [-0.1, -0.05) is 36.0 Å². The SMILES string of the molecule is O=C(CCCc1nc2ccccc2c(=O)[nH]1)Nc1ccccc1SC(F)F. The topological polar surface area (TPSA) is 74.8 Å². The first-order valence-corrected chi connectivity index (χ1v) is 9.22. The van der Waals surface area contributed by atoms with Crippen molar-refractivity contribution in [3.05, 3.63) is 64.7 Å². The Bertz CT molecular complexity index is 1010. The predicted molar refractivity (Wildman–Crippen MR) is 102 cm³/mol. The molecule has 0 aliphatic rings. The van der Waals surface area contributed by atoms with E-state index in [2.05, 4.69) is 15.3 Å². The molecule has 140 valence electrons. The van der Waals surface area contributed by atoms with Crippen molar-refractivity contribution in [3.63, 3.8) is 0 Å². The lowest BCUT2D eigenvalue weighted by molar-refractivity contribution is -0.116. The molecule has 2 aromatic carbocycles. The summed E-state index contributed by atoms with van der Waals surface area (Å²) in [6.07, 6.45) is 1.09. The molecule has 0 bridgehead atoms. The zero-order chi connectivity index (χ0) is 19.2. The highest BCUT2D eigenvalue weighted by Crippen LogP contribution is 2.31. The minimum atomic E-state index is -2.56. The average molecular weight is 389 g/mol. The molecule has 0 aliphatic carbocycles. The fourth-order valence-electron chi connectivity index (χ4n) is 2.65. The lowest BCUT2D eigenvalue weighted by Crippen LogP contribution is -2.14. The predicted octanol–water partition coefficient (Wildman–Crippen LogP) is 4.20. The number of carbonyl (C=O) groups excluding carboxylic acids is 1. The molecule has 0 fully saturated rings. The summed E-state index contributed by atoms with van der Waals surface area (Å²) in [4.78, 5) is 31.6. The first-order chi connectivity index (χ1) is 13.0. The molecule has 27 heavy (non-hydrogen) atoms. The molecule has 0 saturated carbocycles. The van der Waals surface area contributed by atoms with Crippen LogP contribution in [0.3, 0.4) is 0 Å². The summed E-state index contributed by atoms with van der Waals surface area (Å²) in [5.74, 6) is -2.32. The molecule has 0 unspecified atom stereocenters. The third-order valence-electron chi connectivity index (χ3n) is 3.86. The van der Waals surface area contributed by atoms with Gasteiger partial charge in [0, 0.05) is 17.7 Å². The molecule has 0 spiro atoms. The summed E-state index contributed by atoms with van der Waals surface area (Å²) < 4.78 is 25.2. The maximum absolute atomic E-state index is 12.6. The van der Waals surface area contributed by atoms with Crippen molar-refractivity contribution in [1.82, 2.24) is 9.97 Å².